The number of carbonyl (C=O) groups is 1. The van der Waals surface area contributed by atoms with Crippen molar-refractivity contribution in [1.29, 1.82) is 0 Å². The van der Waals surface area contributed by atoms with E-state index in [1.165, 1.54) is 11.3 Å². The highest BCUT2D eigenvalue weighted by Crippen LogP contribution is 2.15. The lowest BCUT2D eigenvalue weighted by Crippen LogP contribution is -2.21. The van der Waals surface area contributed by atoms with Crippen LogP contribution in [-0.4, -0.2) is 17.4 Å². The third-order valence-corrected chi connectivity index (χ3v) is 2.91. The molecule has 1 aromatic heterocycles. The van der Waals surface area contributed by atoms with E-state index in [0.717, 1.165) is 5.13 Å². The fourth-order valence-electron chi connectivity index (χ4n) is 1.24. The molecule has 6 heteroatoms. The summed E-state index contributed by atoms with van der Waals surface area (Å²) in [7, 11) is 0. The maximum absolute atomic E-state index is 11.6. The normalized spacial score (nSPS) is 9.94. The Bertz CT molecular complexity index is 501. The highest BCUT2D eigenvalue weighted by Gasteiger charge is 2.03. The van der Waals surface area contributed by atoms with E-state index < -0.39 is 0 Å². The molecule has 1 aromatic carbocycles. The maximum Gasteiger partial charge on any atom is 0.243 e. The Labute approximate surface area is 108 Å². The van der Waals surface area contributed by atoms with Gasteiger partial charge in [0.1, 0.15) is 0 Å². The number of rotatable bonds is 4. The maximum atomic E-state index is 11.6. The van der Waals surface area contributed by atoms with Crippen LogP contribution in [0.25, 0.3) is 0 Å². The molecular weight excluding hydrogens is 258 g/mol. The number of halogens is 1. The average molecular weight is 268 g/mol. The number of carbonyl (C=O) groups excluding carboxylic acids is 1. The van der Waals surface area contributed by atoms with Gasteiger partial charge >= 0.3 is 0 Å². The number of nitrogens with zero attached hydrogens (tertiary/aromatic N) is 1. The van der Waals surface area contributed by atoms with Gasteiger partial charge in [-0.25, -0.2) is 4.98 Å². The summed E-state index contributed by atoms with van der Waals surface area (Å²) in [5.41, 5.74) is 0.684. The lowest BCUT2D eigenvalue weighted by molar-refractivity contribution is -0.114. The molecule has 0 saturated carbocycles. The molecule has 0 atom stereocenters. The van der Waals surface area contributed by atoms with E-state index in [-0.39, 0.29) is 12.5 Å². The van der Waals surface area contributed by atoms with Gasteiger partial charge < -0.3 is 10.6 Å². The van der Waals surface area contributed by atoms with E-state index in [1.807, 2.05) is 5.38 Å². The zero-order chi connectivity index (χ0) is 12.1. The molecule has 0 fully saturated rings. The molecule has 0 unspecified atom stereocenters. The van der Waals surface area contributed by atoms with Gasteiger partial charge in [-0.3, -0.25) is 4.79 Å². The predicted molar refractivity (Wildman–Crippen MR) is 70.7 cm³/mol. The Morgan fingerprint density at radius 3 is 3.06 bits per heavy atom. The monoisotopic (exact) mass is 267 g/mol. The molecular formula is C11H10ClN3OS. The molecule has 0 saturated heterocycles. The highest BCUT2D eigenvalue weighted by atomic mass is 35.5. The first-order valence-corrected chi connectivity index (χ1v) is 6.18. The van der Waals surface area contributed by atoms with Crippen molar-refractivity contribution in [3.8, 4) is 0 Å². The number of nitrogens with one attached hydrogen (secondary N) is 2. The Hall–Kier alpha value is -1.59. The summed E-state index contributed by atoms with van der Waals surface area (Å²) in [4.78, 5) is 15.6. The third-order valence-electron chi connectivity index (χ3n) is 1.94. The number of thiazole rings is 1. The van der Waals surface area contributed by atoms with Crippen LogP contribution in [-0.2, 0) is 4.79 Å². The second-order valence-corrected chi connectivity index (χ2v) is 4.58. The van der Waals surface area contributed by atoms with Gasteiger partial charge in [-0.1, -0.05) is 17.7 Å². The summed E-state index contributed by atoms with van der Waals surface area (Å²) < 4.78 is 0. The van der Waals surface area contributed by atoms with Crippen molar-refractivity contribution in [3.63, 3.8) is 0 Å². The molecule has 4 nitrogen and oxygen atoms in total. The summed E-state index contributed by atoms with van der Waals surface area (Å²) in [5.74, 6) is -0.137. The summed E-state index contributed by atoms with van der Waals surface area (Å²) in [6.07, 6.45) is 1.68. The van der Waals surface area contributed by atoms with Crippen LogP contribution in [0.15, 0.2) is 35.8 Å². The van der Waals surface area contributed by atoms with Crippen LogP contribution in [0.4, 0.5) is 10.8 Å². The molecule has 0 aliphatic heterocycles. The minimum Gasteiger partial charge on any atom is -0.352 e. The second-order valence-electron chi connectivity index (χ2n) is 3.25. The van der Waals surface area contributed by atoms with Gasteiger partial charge in [-0.15, -0.1) is 11.3 Å². The number of anilines is 2. The molecule has 2 rings (SSSR count). The number of aromatic nitrogens is 1. The van der Waals surface area contributed by atoms with Crippen molar-refractivity contribution in [2.45, 2.75) is 0 Å². The van der Waals surface area contributed by atoms with Gasteiger partial charge in [-0.2, -0.15) is 0 Å². The number of amides is 1. The molecule has 1 heterocycles. The molecule has 2 N–H and O–H groups in total. The SMILES string of the molecule is O=C(CNc1nccs1)Nc1cccc(Cl)c1. The van der Waals surface area contributed by atoms with Crippen LogP contribution in [0.3, 0.4) is 0 Å². The molecule has 0 spiro atoms. The van der Waals surface area contributed by atoms with Crippen LogP contribution in [0.2, 0.25) is 5.02 Å². The molecule has 0 aliphatic rings. The summed E-state index contributed by atoms with van der Waals surface area (Å²) >= 11 is 7.26. The van der Waals surface area contributed by atoms with Gasteiger partial charge in [0.15, 0.2) is 5.13 Å². The van der Waals surface area contributed by atoms with Crippen molar-refractivity contribution in [1.82, 2.24) is 4.98 Å². The summed E-state index contributed by atoms with van der Waals surface area (Å²) in [6.45, 7) is 0.181. The minimum absolute atomic E-state index is 0.137. The van der Waals surface area contributed by atoms with Crippen LogP contribution in [0, 0.1) is 0 Å². The quantitative estimate of drug-likeness (QED) is 0.896. The van der Waals surface area contributed by atoms with E-state index in [9.17, 15) is 4.79 Å². The van der Waals surface area contributed by atoms with Gasteiger partial charge in [0.05, 0.1) is 6.54 Å². The smallest absolute Gasteiger partial charge is 0.243 e. The van der Waals surface area contributed by atoms with Crippen molar-refractivity contribution >= 4 is 39.7 Å². The summed E-state index contributed by atoms with van der Waals surface area (Å²) in [6, 6.07) is 7.02. The zero-order valence-corrected chi connectivity index (χ0v) is 10.4. The third kappa shape index (κ3) is 3.72. The van der Waals surface area contributed by atoms with E-state index in [0.29, 0.717) is 10.7 Å². The Balaban J connectivity index is 1.85. The van der Waals surface area contributed by atoms with Gasteiger partial charge in [0, 0.05) is 22.3 Å². The fraction of sp³-hybridized carbons (Fsp3) is 0.0909. The predicted octanol–water partition coefficient (Wildman–Crippen LogP) is 2.85. The van der Waals surface area contributed by atoms with Gasteiger partial charge in [-0.05, 0) is 18.2 Å². The van der Waals surface area contributed by atoms with Gasteiger partial charge in [0.25, 0.3) is 0 Å². The first-order chi connectivity index (χ1) is 8.24. The Morgan fingerprint density at radius 1 is 1.47 bits per heavy atom. The standard InChI is InChI=1S/C11H10ClN3OS/c12-8-2-1-3-9(6-8)15-10(16)7-14-11-13-4-5-17-11/h1-6H,7H2,(H,13,14)(H,15,16). The van der Waals surface area contributed by atoms with Crippen LogP contribution in [0.5, 0.6) is 0 Å². The lowest BCUT2D eigenvalue weighted by Gasteiger charge is -2.05. The molecule has 0 radical (unpaired) electrons. The largest absolute Gasteiger partial charge is 0.352 e. The first-order valence-electron chi connectivity index (χ1n) is 4.93. The van der Waals surface area contributed by atoms with Crippen molar-refractivity contribution in [2.24, 2.45) is 0 Å². The van der Waals surface area contributed by atoms with Crippen molar-refractivity contribution in [3.05, 3.63) is 40.9 Å². The zero-order valence-electron chi connectivity index (χ0n) is 8.81. The van der Waals surface area contributed by atoms with Crippen LogP contribution in [0.1, 0.15) is 0 Å². The Kier molecular flexibility index (Phi) is 3.95. The molecule has 88 valence electrons. The number of benzene rings is 1. The molecule has 1 amide bonds. The van der Waals surface area contributed by atoms with E-state index in [2.05, 4.69) is 15.6 Å². The van der Waals surface area contributed by atoms with Gasteiger partial charge in [0.2, 0.25) is 5.91 Å². The Morgan fingerprint density at radius 2 is 2.35 bits per heavy atom. The second kappa shape index (κ2) is 5.65. The molecule has 2 aromatic rings. The van der Waals surface area contributed by atoms with Crippen LogP contribution >= 0.6 is 22.9 Å². The van der Waals surface area contributed by atoms with E-state index in [4.69, 9.17) is 11.6 Å². The topological polar surface area (TPSA) is 54.0 Å². The number of hydrogen-bond donors (Lipinski definition) is 2. The highest BCUT2D eigenvalue weighted by molar-refractivity contribution is 7.13. The van der Waals surface area contributed by atoms with E-state index >= 15 is 0 Å². The number of hydrogen-bond acceptors (Lipinski definition) is 4. The fourth-order valence-corrected chi connectivity index (χ4v) is 1.96. The van der Waals surface area contributed by atoms with E-state index in [1.54, 1.807) is 30.5 Å². The van der Waals surface area contributed by atoms with Crippen LogP contribution < -0.4 is 10.6 Å². The molecule has 0 bridgehead atoms. The first kappa shape index (κ1) is 11.9. The molecule has 17 heavy (non-hydrogen) atoms. The average Bonchev–Trinajstić information content (AvgIpc) is 2.79. The molecule has 0 aliphatic carbocycles. The summed E-state index contributed by atoms with van der Waals surface area (Å²) in [5, 5.41) is 8.82. The van der Waals surface area contributed by atoms with Crippen molar-refractivity contribution in [2.75, 3.05) is 17.2 Å². The van der Waals surface area contributed by atoms with Crippen molar-refractivity contribution < 1.29 is 4.79 Å². The minimum atomic E-state index is -0.137. The lowest BCUT2D eigenvalue weighted by atomic mass is 10.3.